The number of rotatable bonds is 6. The Bertz CT molecular complexity index is 1040. The number of ether oxygens (including phenoxy) is 2. The summed E-state index contributed by atoms with van der Waals surface area (Å²) >= 11 is 0. The van der Waals surface area contributed by atoms with Crippen molar-refractivity contribution in [2.24, 2.45) is 0 Å². The van der Waals surface area contributed by atoms with E-state index in [1.165, 1.54) is 0 Å². The summed E-state index contributed by atoms with van der Waals surface area (Å²) in [5.74, 6) is 2.63. The van der Waals surface area contributed by atoms with Gasteiger partial charge in [0.2, 0.25) is 5.91 Å². The van der Waals surface area contributed by atoms with Gasteiger partial charge in [0.15, 0.2) is 17.3 Å². The summed E-state index contributed by atoms with van der Waals surface area (Å²) in [7, 11) is 3.83. The van der Waals surface area contributed by atoms with Gasteiger partial charge in [0, 0.05) is 38.1 Å². The maximum atomic E-state index is 12.5. The molecular weight excluding hydrogens is 382 g/mol. The lowest BCUT2D eigenvalue weighted by molar-refractivity contribution is -0.120. The molecule has 0 unspecified atom stereocenters. The average molecular weight is 405 g/mol. The van der Waals surface area contributed by atoms with Crippen molar-refractivity contribution in [3.05, 3.63) is 60.0 Å². The number of nitrogens with zero attached hydrogens (tertiary/aromatic N) is 4. The molecule has 3 aromatic rings. The first-order chi connectivity index (χ1) is 14.6. The van der Waals surface area contributed by atoms with E-state index in [0.717, 1.165) is 22.6 Å². The summed E-state index contributed by atoms with van der Waals surface area (Å²) in [5, 5.41) is 2.94. The Morgan fingerprint density at radius 2 is 1.93 bits per heavy atom. The van der Waals surface area contributed by atoms with Crippen molar-refractivity contribution in [1.82, 2.24) is 20.3 Å². The van der Waals surface area contributed by atoms with Crippen LogP contribution < -0.4 is 19.7 Å². The quantitative estimate of drug-likeness (QED) is 0.673. The fraction of sp³-hybridized carbons (Fsp3) is 0.273. The molecule has 0 fully saturated rings. The molecular formula is C22H23N5O3. The molecule has 1 aliphatic heterocycles. The number of hydrogen-bond acceptors (Lipinski definition) is 7. The van der Waals surface area contributed by atoms with Crippen LogP contribution in [-0.4, -0.2) is 48.2 Å². The van der Waals surface area contributed by atoms with Gasteiger partial charge in [-0.25, -0.2) is 9.97 Å². The summed E-state index contributed by atoms with van der Waals surface area (Å²) in [6.07, 6.45) is 3.68. The summed E-state index contributed by atoms with van der Waals surface area (Å²) in [6.45, 7) is 1.37. The van der Waals surface area contributed by atoms with Crippen LogP contribution in [-0.2, 0) is 17.8 Å². The molecule has 3 heterocycles. The van der Waals surface area contributed by atoms with Gasteiger partial charge in [0.25, 0.3) is 0 Å². The molecule has 1 amide bonds. The van der Waals surface area contributed by atoms with Gasteiger partial charge in [-0.1, -0.05) is 6.07 Å². The molecule has 0 spiro atoms. The zero-order valence-electron chi connectivity index (χ0n) is 17.0. The second-order valence-electron chi connectivity index (χ2n) is 7.11. The molecule has 0 bridgehead atoms. The first-order valence-corrected chi connectivity index (χ1v) is 9.69. The molecule has 0 saturated heterocycles. The van der Waals surface area contributed by atoms with Crippen LogP contribution in [0.15, 0.2) is 48.8 Å². The SMILES string of the molecule is CN(C)c1cc(CNC(=O)Cc2ccc3c(c2)OCCO3)nc(-c2cccnc2)n1. The third-order valence-electron chi connectivity index (χ3n) is 4.58. The Hall–Kier alpha value is -3.68. The second-order valence-corrected chi connectivity index (χ2v) is 7.11. The molecule has 8 nitrogen and oxygen atoms in total. The van der Waals surface area contributed by atoms with Crippen LogP contribution in [0.5, 0.6) is 11.5 Å². The highest BCUT2D eigenvalue weighted by Crippen LogP contribution is 2.30. The van der Waals surface area contributed by atoms with Crippen molar-refractivity contribution in [3.8, 4) is 22.9 Å². The van der Waals surface area contributed by atoms with E-state index in [-0.39, 0.29) is 12.3 Å². The van der Waals surface area contributed by atoms with Crippen molar-refractivity contribution in [2.45, 2.75) is 13.0 Å². The molecule has 1 aliphatic rings. The standard InChI is InChI=1S/C22H23N5O3/c1-27(2)20-12-17(25-22(26-20)16-4-3-7-23-13-16)14-24-21(28)11-15-5-6-18-19(10-15)30-9-8-29-18/h3-7,10,12-13H,8-9,11,14H2,1-2H3,(H,24,28). The fourth-order valence-electron chi connectivity index (χ4n) is 3.06. The summed E-state index contributed by atoms with van der Waals surface area (Å²) in [6, 6.07) is 11.2. The maximum Gasteiger partial charge on any atom is 0.224 e. The van der Waals surface area contributed by atoms with E-state index in [9.17, 15) is 4.79 Å². The lowest BCUT2D eigenvalue weighted by Gasteiger charge is -2.18. The van der Waals surface area contributed by atoms with Crippen molar-refractivity contribution in [1.29, 1.82) is 0 Å². The molecule has 30 heavy (non-hydrogen) atoms. The van der Waals surface area contributed by atoms with E-state index in [1.54, 1.807) is 12.4 Å². The Balaban J connectivity index is 1.45. The number of carbonyl (C=O) groups excluding carboxylic acids is 1. The van der Waals surface area contributed by atoms with Crippen molar-refractivity contribution in [3.63, 3.8) is 0 Å². The van der Waals surface area contributed by atoms with Gasteiger partial charge in [-0.2, -0.15) is 0 Å². The zero-order valence-corrected chi connectivity index (χ0v) is 17.0. The topological polar surface area (TPSA) is 89.5 Å². The third kappa shape index (κ3) is 4.65. The summed E-state index contributed by atoms with van der Waals surface area (Å²) < 4.78 is 11.1. The molecule has 154 valence electrons. The Morgan fingerprint density at radius 1 is 1.10 bits per heavy atom. The summed E-state index contributed by atoms with van der Waals surface area (Å²) in [5.41, 5.74) is 2.41. The van der Waals surface area contributed by atoms with Crippen LogP contribution in [0.4, 0.5) is 5.82 Å². The molecule has 0 atom stereocenters. The molecule has 2 aromatic heterocycles. The highest BCUT2D eigenvalue weighted by atomic mass is 16.6. The van der Waals surface area contributed by atoms with Crippen molar-refractivity contribution >= 4 is 11.7 Å². The van der Waals surface area contributed by atoms with E-state index >= 15 is 0 Å². The Kier molecular flexibility index (Phi) is 5.74. The van der Waals surface area contributed by atoms with Crippen LogP contribution in [0.1, 0.15) is 11.3 Å². The predicted octanol–water partition coefficient (Wildman–Crippen LogP) is 2.23. The molecule has 4 rings (SSSR count). The molecule has 0 saturated carbocycles. The Morgan fingerprint density at radius 3 is 2.70 bits per heavy atom. The third-order valence-corrected chi connectivity index (χ3v) is 4.58. The highest BCUT2D eigenvalue weighted by Gasteiger charge is 2.14. The molecule has 1 aromatic carbocycles. The van der Waals surface area contributed by atoms with Crippen LogP contribution in [0.2, 0.25) is 0 Å². The lowest BCUT2D eigenvalue weighted by Crippen LogP contribution is -2.25. The molecule has 0 aliphatic carbocycles. The average Bonchev–Trinajstić information content (AvgIpc) is 2.78. The molecule has 8 heteroatoms. The van der Waals surface area contributed by atoms with Crippen LogP contribution >= 0.6 is 0 Å². The van der Waals surface area contributed by atoms with Gasteiger partial charge >= 0.3 is 0 Å². The van der Waals surface area contributed by atoms with Gasteiger partial charge in [0.1, 0.15) is 19.0 Å². The smallest absolute Gasteiger partial charge is 0.224 e. The normalized spacial score (nSPS) is 12.3. The number of aromatic nitrogens is 3. The highest BCUT2D eigenvalue weighted by molar-refractivity contribution is 5.78. The number of amides is 1. The van der Waals surface area contributed by atoms with Gasteiger partial charge in [-0.3, -0.25) is 9.78 Å². The Labute approximate surface area is 174 Å². The van der Waals surface area contributed by atoms with Crippen LogP contribution in [0, 0.1) is 0 Å². The monoisotopic (exact) mass is 405 g/mol. The minimum absolute atomic E-state index is 0.0976. The predicted molar refractivity (Wildman–Crippen MR) is 113 cm³/mol. The number of hydrogen-bond donors (Lipinski definition) is 1. The number of pyridine rings is 1. The first-order valence-electron chi connectivity index (χ1n) is 9.69. The minimum Gasteiger partial charge on any atom is -0.486 e. The first kappa shape index (κ1) is 19.6. The van der Waals surface area contributed by atoms with Crippen molar-refractivity contribution in [2.75, 3.05) is 32.2 Å². The van der Waals surface area contributed by atoms with Crippen molar-refractivity contribution < 1.29 is 14.3 Å². The second kappa shape index (κ2) is 8.77. The van der Waals surface area contributed by atoms with E-state index in [4.69, 9.17) is 9.47 Å². The summed E-state index contributed by atoms with van der Waals surface area (Å²) in [4.78, 5) is 27.7. The van der Waals surface area contributed by atoms with Crippen LogP contribution in [0.3, 0.4) is 0 Å². The van der Waals surface area contributed by atoms with Gasteiger partial charge in [-0.05, 0) is 29.8 Å². The van der Waals surface area contributed by atoms with E-state index in [1.807, 2.05) is 55.4 Å². The van der Waals surface area contributed by atoms with E-state index < -0.39 is 0 Å². The number of benzene rings is 1. The molecule has 1 N–H and O–H groups in total. The number of carbonyl (C=O) groups is 1. The van der Waals surface area contributed by atoms with Gasteiger partial charge in [0.05, 0.1) is 18.7 Å². The largest absolute Gasteiger partial charge is 0.486 e. The number of anilines is 1. The van der Waals surface area contributed by atoms with Gasteiger partial charge in [-0.15, -0.1) is 0 Å². The number of fused-ring (bicyclic) bond motifs is 1. The molecule has 0 radical (unpaired) electrons. The van der Waals surface area contributed by atoms with E-state index in [2.05, 4.69) is 20.3 Å². The zero-order chi connectivity index (χ0) is 20.9. The fourth-order valence-corrected chi connectivity index (χ4v) is 3.06. The van der Waals surface area contributed by atoms with E-state index in [0.29, 0.717) is 37.1 Å². The van der Waals surface area contributed by atoms with Gasteiger partial charge < -0.3 is 19.7 Å². The van der Waals surface area contributed by atoms with Crippen LogP contribution in [0.25, 0.3) is 11.4 Å². The lowest BCUT2D eigenvalue weighted by atomic mass is 10.1. The maximum absolute atomic E-state index is 12.5. The minimum atomic E-state index is -0.0976. The number of nitrogens with one attached hydrogen (secondary N) is 1.